The first-order valence-electron chi connectivity index (χ1n) is 7.74. The van der Waals surface area contributed by atoms with Crippen LogP contribution in [0.25, 0.3) is 0 Å². The minimum atomic E-state index is 0.529. The number of nitrogens with one attached hydrogen (secondary N) is 1. The van der Waals surface area contributed by atoms with Gasteiger partial charge in [-0.1, -0.05) is 60.7 Å². The van der Waals surface area contributed by atoms with E-state index in [4.69, 9.17) is 0 Å². The van der Waals surface area contributed by atoms with E-state index in [0.29, 0.717) is 5.84 Å². The molecule has 3 aromatic carbocycles. The minimum absolute atomic E-state index is 0.529. The molecule has 0 aliphatic rings. The highest BCUT2D eigenvalue weighted by Gasteiger charge is 2.02. The topological polar surface area (TPSA) is 49.1 Å². The van der Waals surface area contributed by atoms with E-state index >= 15 is 0 Å². The standard InChI is InChI=1S/C20H18N4/c1-16-9-8-14-19(15-16)22-24-20(17-10-4-2-5-11-17)23-21-18-12-6-3-7-13-18/h2-15,21H,1H3. The molecule has 24 heavy (non-hydrogen) atoms. The predicted octanol–water partition coefficient (Wildman–Crippen LogP) is 5.55. The molecule has 0 fully saturated rings. The highest BCUT2D eigenvalue weighted by Crippen LogP contribution is 2.15. The van der Waals surface area contributed by atoms with Crippen LogP contribution in [0.15, 0.2) is 100 Å². The van der Waals surface area contributed by atoms with Crippen molar-refractivity contribution >= 4 is 17.2 Å². The maximum Gasteiger partial charge on any atom is 0.201 e. The third-order valence-corrected chi connectivity index (χ3v) is 3.36. The van der Waals surface area contributed by atoms with E-state index in [1.165, 1.54) is 0 Å². The second kappa shape index (κ2) is 7.83. The van der Waals surface area contributed by atoms with E-state index in [9.17, 15) is 0 Å². The summed E-state index contributed by atoms with van der Waals surface area (Å²) in [6.45, 7) is 2.03. The van der Waals surface area contributed by atoms with Gasteiger partial charge in [-0.3, -0.25) is 5.43 Å². The molecular weight excluding hydrogens is 296 g/mol. The molecular formula is C20H18N4. The van der Waals surface area contributed by atoms with Gasteiger partial charge in [0, 0.05) is 5.56 Å². The Morgan fingerprint density at radius 3 is 2.21 bits per heavy atom. The monoisotopic (exact) mass is 314 g/mol. The molecule has 3 rings (SSSR count). The third-order valence-electron chi connectivity index (χ3n) is 3.36. The molecule has 0 atom stereocenters. The van der Waals surface area contributed by atoms with E-state index in [2.05, 4.69) is 20.8 Å². The number of hydrazone groups is 1. The zero-order valence-corrected chi connectivity index (χ0v) is 13.4. The van der Waals surface area contributed by atoms with Crippen LogP contribution in [0.3, 0.4) is 0 Å². The molecule has 0 saturated carbocycles. The third kappa shape index (κ3) is 4.36. The Labute approximate surface area is 141 Å². The Bertz CT molecular complexity index is 840. The molecule has 0 bridgehead atoms. The summed E-state index contributed by atoms with van der Waals surface area (Å²) in [6, 6.07) is 27.4. The zero-order valence-electron chi connectivity index (χ0n) is 13.4. The Balaban J connectivity index is 1.88. The lowest BCUT2D eigenvalue weighted by Gasteiger charge is -2.03. The zero-order chi connectivity index (χ0) is 16.6. The van der Waals surface area contributed by atoms with Crippen molar-refractivity contribution in [1.82, 2.24) is 0 Å². The van der Waals surface area contributed by atoms with Crippen molar-refractivity contribution in [3.05, 3.63) is 96.1 Å². The van der Waals surface area contributed by atoms with Crippen LogP contribution in [0.4, 0.5) is 11.4 Å². The summed E-state index contributed by atoms with van der Waals surface area (Å²) in [5.74, 6) is 0.529. The second-order valence-electron chi connectivity index (χ2n) is 5.32. The van der Waals surface area contributed by atoms with Crippen LogP contribution in [-0.4, -0.2) is 5.84 Å². The summed E-state index contributed by atoms with van der Waals surface area (Å²) >= 11 is 0. The predicted molar refractivity (Wildman–Crippen MR) is 98.7 cm³/mol. The van der Waals surface area contributed by atoms with Gasteiger partial charge in [0.25, 0.3) is 0 Å². The molecule has 118 valence electrons. The smallest absolute Gasteiger partial charge is 0.201 e. The van der Waals surface area contributed by atoms with Crippen LogP contribution < -0.4 is 5.43 Å². The molecule has 4 heteroatoms. The fourth-order valence-electron chi connectivity index (χ4n) is 2.16. The second-order valence-corrected chi connectivity index (χ2v) is 5.32. The van der Waals surface area contributed by atoms with E-state index < -0.39 is 0 Å². The van der Waals surface area contributed by atoms with Crippen LogP contribution in [0.1, 0.15) is 11.1 Å². The van der Waals surface area contributed by atoms with Crippen LogP contribution in [0, 0.1) is 6.92 Å². The van der Waals surface area contributed by atoms with Gasteiger partial charge >= 0.3 is 0 Å². The first kappa shape index (κ1) is 15.6. The van der Waals surface area contributed by atoms with Crippen molar-refractivity contribution in [3.8, 4) is 0 Å². The number of amidine groups is 1. The van der Waals surface area contributed by atoms with Crippen LogP contribution in [-0.2, 0) is 0 Å². The molecule has 0 unspecified atom stereocenters. The van der Waals surface area contributed by atoms with Gasteiger partial charge < -0.3 is 0 Å². The number of para-hydroxylation sites is 1. The number of benzene rings is 3. The van der Waals surface area contributed by atoms with Gasteiger partial charge in [0.1, 0.15) is 0 Å². The van der Waals surface area contributed by atoms with Gasteiger partial charge in [0.2, 0.25) is 5.84 Å². The number of aryl methyl sites for hydroxylation is 1. The molecule has 0 aromatic heterocycles. The number of azo groups is 1. The normalized spacial score (nSPS) is 11.6. The number of nitrogens with zero attached hydrogens (tertiary/aromatic N) is 3. The summed E-state index contributed by atoms with van der Waals surface area (Å²) in [6.07, 6.45) is 0. The average Bonchev–Trinajstić information content (AvgIpc) is 2.63. The SMILES string of the molecule is Cc1cccc(N=NC(=NNc2ccccc2)c2ccccc2)c1. The van der Waals surface area contributed by atoms with Crippen LogP contribution in [0.2, 0.25) is 0 Å². The summed E-state index contributed by atoms with van der Waals surface area (Å²) in [5, 5.41) is 13.1. The molecule has 1 N–H and O–H groups in total. The van der Waals surface area contributed by atoms with Crippen LogP contribution in [0.5, 0.6) is 0 Å². The number of rotatable bonds is 4. The molecule has 4 nitrogen and oxygen atoms in total. The van der Waals surface area contributed by atoms with Gasteiger partial charge in [-0.05, 0) is 36.8 Å². The van der Waals surface area contributed by atoms with E-state index in [0.717, 1.165) is 22.5 Å². The first-order valence-corrected chi connectivity index (χ1v) is 7.74. The lowest BCUT2D eigenvalue weighted by Crippen LogP contribution is -2.00. The Morgan fingerprint density at radius 2 is 1.50 bits per heavy atom. The van der Waals surface area contributed by atoms with Gasteiger partial charge in [0.05, 0.1) is 11.4 Å². The molecule has 0 spiro atoms. The van der Waals surface area contributed by atoms with E-state index in [1.807, 2.05) is 91.9 Å². The van der Waals surface area contributed by atoms with Crippen LogP contribution >= 0.6 is 0 Å². The number of anilines is 1. The summed E-state index contributed by atoms with van der Waals surface area (Å²) < 4.78 is 0. The fraction of sp³-hybridized carbons (Fsp3) is 0.0500. The Hall–Kier alpha value is -3.27. The maximum atomic E-state index is 4.41. The largest absolute Gasteiger partial charge is 0.276 e. The maximum absolute atomic E-state index is 4.41. The fourth-order valence-corrected chi connectivity index (χ4v) is 2.16. The van der Waals surface area contributed by atoms with Crippen molar-refractivity contribution < 1.29 is 0 Å². The number of hydrogen-bond donors (Lipinski definition) is 1. The van der Waals surface area contributed by atoms with Gasteiger partial charge in [-0.15, -0.1) is 10.2 Å². The van der Waals surface area contributed by atoms with E-state index in [-0.39, 0.29) is 0 Å². The van der Waals surface area contributed by atoms with Crippen molar-refractivity contribution in [1.29, 1.82) is 0 Å². The Kier molecular flexibility index (Phi) is 5.10. The van der Waals surface area contributed by atoms with Gasteiger partial charge in [-0.2, -0.15) is 5.10 Å². The Morgan fingerprint density at radius 1 is 0.792 bits per heavy atom. The quantitative estimate of drug-likeness (QED) is 0.292. The van der Waals surface area contributed by atoms with Crippen molar-refractivity contribution in [3.63, 3.8) is 0 Å². The average molecular weight is 314 g/mol. The minimum Gasteiger partial charge on any atom is -0.276 e. The summed E-state index contributed by atoms with van der Waals surface area (Å²) in [4.78, 5) is 0. The highest BCUT2D eigenvalue weighted by molar-refractivity contribution is 5.99. The first-order chi connectivity index (χ1) is 11.8. The van der Waals surface area contributed by atoms with E-state index in [1.54, 1.807) is 0 Å². The van der Waals surface area contributed by atoms with Crippen molar-refractivity contribution in [2.45, 2.75) is 6.92 Å². The molecule has 0 saturated heterocycles. The van der Waals surface area contributed by atoms with Crippen molar-refractivity contribution in [2.75, 3.05) is 5.43 Å². The molecule has 0 aliphatic carbocycles. The molecule has 0 heterocycles. The highest BCUT2D eigenvalue weighted by atomic mass is 15.3. The lowest BCUT2D eigenvalue weighted by molar-refractivity contribution is 1.22. The lowest BCUT2D eigenvalue weighted by atomic mass is 10.2. The summed E-state index contributed by atoms with van der Waals surface area (Å²) in [5.41, 5.74) is 6.77. The molecule has 0 aliphatic heterocycles. The number of hydrogen-bond acceptors (Lipinski definition) is 3. The van der Waals surface area contributed by atoms with Gasteiger partial charge in [-0.25, -0.2) is 0 Å². The molecule has 0 amide bonds. The van der Waals surface area contributed by atoms with Crippen molar-refractivity contribution in [2.24, 2.45) is 15.3 Å². The van der Waals surface area contributed by atoms with Gasteiger partial charge in [0.15, 0.2) is 0 Å². The summed E-state index contributed by atoms with van der Waals surface area (Å²) in [7, 11) is 0. The molecule has 0 radical (unpaired) electrons. The molecule has 3 aromatic rings.